The lowest BCUT2D eigenvalue weighted by Gasteiger charge is -2.00. The zero-order valence-corrected chi connectivity index (χ0v) is 10.1. The van der Waals surface area contributed by atoms with Crippen molar-refractivity contribution in [3.8, 4) is 11.5 Å². The van der Waals surface area contributed by atoms with E-state index in [1.165, 1.54) is 19.1 Å². The van der Waals surface area contributed by atoms with Crippen LogP contribution in [0.1, 0.15) is 6.92 Å². The van der Waals surface area contributed by atoms with Crippen LogP contribution in [0.25, 0.3) is 11.5 Å². The summed E-state index contributed by atoms with van der Waals surface area (Å²) in [7, 11) is 0. The van der Waals surface area contributed by atoms with Crippen molar-refractivity contribution in [2.45, 2.75) is 17.4 Å². The van der Waals surface area contributed by atoms with Gasteiger partial charge >= 0.3 is 5.97 Å². The third-order valence-electron chi connectivity index (χ3n) is 2.14. The topological polar surface area (TPSA) is 76.2 Å². The number of aliphatic carboxylic acids is 1. The Labute approximate surface area is 106 Å². The van der Waals surface area contributed by atoms with Crippen LogP contribution in [0, 0.1) is 5.82 Å². The summed E-state index contributed by atoms with van der Waals surface area (Å²) in [4.78, 5) is 10.7. The number of benzene rings is 1. The molecule has 2 rings (SSSR count). The molecule has 2 aromatic rings. The zero-order chi connectivity index (χ0) is 13.1. The Morgan fingerprint density at radius 1 is 1.44 bits per heavy atom. The van der Waals surface area contributed by atoms with Gasteiger partial charge in [-0.15, -0.1) is 10.2 Å². The van der Waals surface area contributed by atoms with E-state index in [0.29, 0.717) is 0 Å². The smallest absolute Gasteiger partial charge is 0.316 e. The van der Waals surface area contributed by atoms with Crippen LogP contribution < -0.4 is 0 Å². The summed E-state index contributed by atoms with van der Waals surface area (Å²) in [6.07, 6.45) is 0. The van der Waals surface area contributed by atoms with Crippen LogP contribution in [0.4, 0.5) is 4.39 Å². The van der Waals surface area contributed by atoms with Crippen LogP contribution in [-0.2, 0) is 4.79 Å². The van der Waals surface area contributed by atoms with Crippen LogP contribution in [-0.4, -0.2) is 26.5 Å². The van der Waals surface area contributed by atoms with E-state index in [2.05, 4.69) is 10.2 Å². The lowest BCUT2D eigenvalue weighted by atomic mass is 10.2. The zero-order valence-electron chi connectivity index (χ0n) is 9.33. The van der Waals surface area contributed by atoms with Crippen molar-refractivity contribution < 1.29 is 18.7 Å². The molecule has 1 heterocycles. The van der Waals surface area contributed by atoms with Crippen LogP contribution in [0.5, 0.6) is 0 Å². The Morgan fingerprint density at radius 3 is 2.83 bits per heavy atom. The van der Waals surface area contributed by atoms with Gasteiger partial charge in [0.05, 0.1) is 5.56 Å². The van der Waals surface area contributed by atoms with Gasteiger partial charge in [0.2, 0.25) is 0 Å². The minimum Gasteiger partial charge on any atom is -0.480 e. The molecule has 7 heteroatoms. The molecule has 18 heavy (non-hydrogen) atoms. The Bertz CT molecular complexity index is 573. The Hall–Kier alpha value is -1.89. The van der Waals surface area contributed by atoms with Gasteiger partial charge < -0.3 is 9.52 Å². The number of thioether (sulfide) groups is 1. The van der Waals surface area contributed by atoms with E-state index in [9.17, 15) is 9.18 Å². The highest BCUT2D eigenvalue weighted by Crippen LogP contribution is 2.27. The molecule has 0 saturated heterocycles. The normalized spacial score (nSPS) is 12.3. The van der Waals surface area contributed by atoms with Crippen molar-refractivity contribution in [3.63, 3.8) is 0 Å². The Balaban J connectivity index is 2.21. The van der Waals surface area contributed by atoms with Gasteiger partial charge in [0, 0.05) is 0 Å². The highest BCUT2D eigenvalue weighted by Gasteiger charge is 2.18. The van der Waals surface area contributed by atoms with Gasteiger partial charge in [0.1, 0.15) is 11.1 Å². The van der Waals surface area contributed by atoms with E-state index < -0.39 is 17.0 Å². The van der Waals surface area contributed by atoms with Crippen molar-refractivity contribution in [1.82, 2.24) is 10.2 Å². The summed E-state index contributed by atoms with van der Waals surface area (Å²) < 4.78 is 18.7. The van der Waals surface area contributed by atoms with E-state index in [4.69, 9.17) is 9.52 Å². The number of carboxylic acids is 1. The highest BCUT2D eigenvalue weighted by atomic mass is 32.2. The molecule has 1 N–H and O–H groups in total. The quantitative estimate of drug-likeness (QED) is 0.858. The van der Waals surface area contributed by atoms with E-state index in [1.807, 2.05) is 0 Å². The molecule has 0 aliphatic rings. The minimum atomic E-state index is -0.981. The van der Waals surface area contributed by atoms with Crippen LogP contribution in [0.2, 0.25) is 0 Å². The monoisotopic (exact) mass is 268 g/mol. The molecule has 0 fully saturated rings. The van der Waals surface area contributed by atoms with Gasteiger partial charge in [-0.1, -0.05) is 23.9 Å². The maximum absolute atomic E-state index is 13.4. The number of carbonyl (C=O) groups is 1. The first-order valence-corrected chi connectivity index (χ1v) is 5.94. The molecule has 0 radical (unpaired) electrons. The van der Waals surface area contributed by atoms with Crippen molar-refractivity contribution in [2.75, 3.05) is 0 Å². The van der Waals surface area contributed by atoms with Gasteiger partial charge in [-0.2, -0.15) is 0 Å². The molecule has 0 spiro atoms. The average molecular weight is 268 g/mol. The molecule has 1 aromatic heterocycles. The summed E-state index contributed by atoms with van der Waals surface area (Å²) in [5.41, 5.74) is 0.194. The summed E-state index contributed by atoms with van der Waals surface area (Å²) in [5, 5.41) is 15.5. The first-order valence-electron chi connectivity index (χ1n) is 5.06. The fourth-order valence-electron chi connectivity index (χ4n) is 1.20. The van der Waals surface area contributed by atoms with E-state index in [-0.39, 0.29) is 16.7 Å². The van der Waals surface area contributed by atoms with Crippen LogP contribution >= 0.6 is 11.8 Å². The van der Waals surface area contributed by atoms with E-state index in [0.717, 1.165) is 11.8 Å². The molecule has 1 unspecified atom stereocenters. The number of hydrogen-bond acceptors (Lipinski definition) is 5. The molecular formula is C11H9FN2O3S. The largest absolute Gasteiger partial charge is 0.480 e. The number of aromatic nitrogens is 2. The number of hydrogen-bond donors (Lipinski definition) is 1. The van der Waals surface area contributed by atoms with Crippen LogP contribution in [0.15, 0.2) is 33.9 Å². The van der Waals surface area contributed by atoms with Gasteiger partial charge in [-0.05, 0) is 19.1 Å². The van der Waals surface area contributed by atoms with Gasteiger partial charge in [-0.3, -0.25) is 4.79 Å². The minimum absolute atomic E-state index is 0.0354. The second-order valence-electron chi connectivity index (χ2n) is 3.45. The second-order valence-corrected chi connectivity index (χ2v) is 4.74. The fourth-order valence-corrected chi connectivity index (χ4v) is 1.82. The molecule has 1 atom stereocenters. The summed E-state index contributed by atoms with van der Waals surface area (Å²) >= 11 is 0.911. The molecule has 0 bridgehead atoms. The Morgan fingerprint density at radius 2 is 2.17 bits per heavy atom. The maximum atomic E-state index is 13.4. The summed E-state index contributed by atoms with van der Waals surface area (Å²) in [6.45, 7) is 1.50. The predicted octanol–water partition coefficient (Wildman–Crippen LogP) is 2.44. The van der Waals surface area contributed by atoms with Crippen molar-refractivity contribution in [2.24, 2.45) is 0 Å². The maximum Gasteiger partial charge on any atom is 0.316 e. The molecule has 94 valence electrons. The molecule has 0 saturated carbocycles. The molecule has 1 aromatic carbocycles. The average Bonchev–Trinajstić information content (AvgIpc) is 2.77. The SMILES string of the molecule is CC(Sc1nnc(-c2ccccc2F)o1)C(=O)O. The Kier molecular flexibility index (Phi) is 3.61. The summed E-state index contributed by atoms with van der Waals surface area (Å²) in [5.74, 6) is -1.41. The lowest BCUT2D eigenvalue weighted by Crippen LogP contribution is -2.10. The standard InChI is InChI=1S/C11H9FN2O3S/c1-6(10(15)16)18-11-14-13-9(17-11)7-4-2-3-5-8(7)12/h2-6H,1H3,(H,15,16). The van der Waals surface area contributed by atoms with Gasteiger partial charge in [0.15, 0.2) is 0 Å². The highest BCUT2D eigenvalue weighted by molar-refractivity contribution is 8.00. The molecule has 0 amide bonds. The predicted molar refractivity (Wildman–Crippen MR) is 62.6 cm³/mol. The lowest BCUT2D eigenvalue weighted by molar-refractivity contribution is -0.136. The number of carboxylic acid groups (broad SMARTS) is 1. The molecule has 0 aliphatic heterocycles. The number of halogens is 1. The third kappa shape index (κ3) is 2.67. The summed E-state index contributed by atoms with van der Waals surface area (Å²) in [6, 6.07) is 6.00. The fraction of sp³-hybridized carbons (Fsp3) is 0.182. The molecule has 0 aliphatic carbocycles. The van der Waals surface area contributed by atoms with Crippen molar-refractivity contribution >= 4 is 17.7 Å². The number of rotatable bonds is 4. The van der Waals surface area contributed by atoms with Crippen molar-refractivity contribution in [3.05, 3.63) is 30.1 Å². The van der Waals surface area contributed by atoms with Gasteiger partial charge in [-0.25, -0.2) is 4.39 Å². The van der Waals surface area contributed by atoms with Crippen molar-refractivity contribution in [1.29, 1.82) is 0 Å². The number of nitrogens with zero attached hydrogens (tertiary/aromatic N) is 2. The second kappa shape index (κ2) is 5.18. The van der Waals surface area contributed by atoms with Gasteiger partial charge in [0.25, 0.3) is 11.1 Å². The molecular weight excluding hydrogens is 259 g/mol. The van der Waals surface area contributed by atoms with Crippen LogP contribution in [0.3, 0.4) is 0 Å². The first-order chi connectivity index (χ1) is 8.58. The van der Waals surface area contributed by atoms with E-state index >= 15 is 0 Å². The van der Waals surface area contributed by atoms with E-state index in [1.54, 1.807) is 12.1 Å². The third-order valence-corrected chi connectivity index (χ3v) is 3.06. The molecule has 5 nitrogen and oxygen atoms in total. The first kappa shape index (κ1) is 12.6.